The molecule has 0 amide bonds. The van der Waals surface area contributed by atoms with Gasteiger partial charge in [0.2, 0.25) is 0 Å². The Hall–Kier alpha value is -1.68. The first-order chi connectivity index (χ1) is 9.36. The number of nitrogens with one attached hydrogen (secondary N) is 1. The van der Waals surface area contributed by atoms with Crippen molar-refractivity contribution >= 4 is 0 Å². The van der Waals surface area contributed by atoms with Gasteiger partial charge < -0.3 is 5.32 Å². The molecule has 0 aliphatic heterocycles. The third kappa shape index (κ3) is 3.67. The first-order valence-corrected chi connectivity index (χ1v) is 7.02. The summed E-state index contributed by atoms with van der Waals surface area (Å²) < 4.78 is 1.89. The zero-order valence-corrected chi connectivity index (χ0v) is 13.1. The summed E-state index contributed by atoms with van der Waals surface area (Å²) in [5.74, 6) is 0. The van der Waals surface area contributed by atoms with Crippen molar-refractivity contribution in [1.29, 1.82) is 0 Å². The van der Waals surface area contributed by atoms with Crippen LogP contribution in [0, 0.1) is 6.92 Å². The minimum absolute atomic E-state index is 0.0693. The highest BCUT2D eigenvalue weighted by atomic mass is 15.3. The number of aryl methyl sites for hydroxylation is 2. The Labute approximate surface area is 121 Å². The molecule has 0 saturated heterocycles. The Kier molecular flexibility index (Phi) is 4.23. The average Bonchev–Trinajstić information content (AvgIpc) is 2.70. The third-order valence-corrected chi connectivity index (χ3v) is 3.18. The van der Waals surface area contributed by atoms with E-state index in [1.807, 2.05) is 36.9 Å². The molecule has 0 bridgehead atoms. The minimum Gasteiger partial charge on any atom is -0.307 e. The lowest BCUT2D eigenvalue weighted by Gasteiger charge is -2.17. The molecule has 2 heterocycles. The number of aromatic nitrogens is 3. The highest BCUT2D eigenvalue weighted by Crippen LogP contribution is 2.23. The number of rotatable bonds is 4. The summed E-state index contributed by atoms with van der Waals surface area (Å²) in [6.45, 7) is 10.2. The number of hydrogen-bond donors (Lipinski definition) is 1. The molecule has 4 heteroatoms. The molecular formula is C16H24N4. The molecule has 0 saturated carbocycles. The van der Waals surface area contributed by atoms with Gasteiger partial charge in [-0.25, -0.2) is 0 Å². The van der Waals surface area contributed by atoms with Crippen LogP contribution in [0.1, 0.15) is 43.4 Å². The molecule has 1 N–H and O–H groups in total. The van der Waals surface area contributed by atoms with Gasteiger partial charge in [0.15, 0.2) is 0 Å². The van der Waals surface area contributed by atoms with Crippen molar-refractivity contribution in [1.82, 2.24) is 20.1 Å². The van der Waals surface area contributed by atoms with Gasteiger partial charge in [-0.2, -0.15) is 5.10 Å². The van der Waals surface area contributed by atoms with Crippen LogP contribution in [0.25, 0.3) is 0 Å². The smallest absolute Gasteiger partial charge is 0.0722 e. The second-order valence-corrected chi connectivity index (χ2v) is 6.30. The lowest BCUT2D eigenvalue weighted by atomic mass is 9.89. The Bertz CT molecular complexity index is 578. The Morgan fingerprint density at radius 2 is 1.95 bits per heavy atom. The summed E-state index contributed by atoms with van der Waals surface area (Å²) in [5, 5.41) is 8.04. The van der Waals surface area contributed by atoms with E-state index in [2.05, 4.69) is 42.4 Å². The van der Waals surface area contributed by atoms with Crippen LogP contribution in [0.4, 0.5) is 0 Å². The molecule has 2 rings (SSSR count). The molecule has 0 radical (unpaired) electrons. The van der Waals surface area contributed by atoms with Crippen molar-refractivity contribution in [2.75, 3.05) is 0 Å². The van der Waals surface area contributed by atoms with Gasteiger partial charge in [0.05, 0.1) is 11.4 Å². The summed E-state index contributed by atoms with van der Waals surface area (Å²) in [6.07, 6.45) is 2.09. The van der Waals surface area contributed by atoms with Crippen LogP contribution < -0.4 is 5.32 Å². The average molecular weight is 272 g/mol. The molecule has 4 nitrogen and oxygen atoms in total. The van der Waals surface area contributed by atoms with Gasteiger partial charge in [-0.05, 0) is 19.1 Å². The van der Waals surface area contributed by atoms with E-state index < -0.39 is 0 Å². The van der Waals surface area contributed by atoms with Gasteiger partial charge in [0.25, 0.3) is 0 Å². The van der Waals surface area contributed by atoms with E-state index in [-0.39, 0.29) is 5.41 Å². The standard InChI is InChI=1S/C16H24N4/c1-12-7-6-8-14(18-12)10-17-9-13-11-20(5)19-15(13)16(2,3)4/h6-8,11,17H,9-10H2,1-5H3. The van der Waals surface area contributed by atoms with Gasteiger partial charge in [-0.15, -0.1) is 0 Å². The largest absolute Gasteiger partial charge is 0.307 e. The minimum atomic E-state index is 0.0693. The van der Waals surface area contributed by atoms with Crippen molar-refractivity contribution in [3.63, 3.8) is 0 Å². The first kappa shape index (κ1) is 14.7. The van der Waals surface area contributed by atoms with Crippen molar-refractivity contribution in [2.45, 2.75) is 46.2 Å². The maximum absolute atomic E-state index is 4.58. The third-order valence-electron chi connectivity index (χ3n) is 3.18. The molecule has 2 aromatic rings. The summed E-state index contributed by atoms with van der Waals surface area (Å²) in [4.78, 5) is 4.50. The zero-order valence-electron chi connectivity index (χ0n) is 13.1. The molecule has 2 aromatic heterocycles. The predicted molar refractivity (Wildman–Crippen MR) is 81.4 cm³/mol. The van der Waals surface area contributed by atoms with Crippen LogP contribution in [-0.4, -0.2) is 14.8 Å². The fourth-order valence-corrected chi connectivity index (χ4v) is 2.32. The molecule has 0 spiro atoms. The molecule has 0 atom stereocenters. The summed E-state index contributed by atoms with van der Waals surface area (Å²) in [6, 6.07) is 6.11. The molecular weight excluding hydrogens is 248 g/mol. The van der Waals surface area contributed by atoms with Crippen LogP contribution in [0.5, 0.6) is 0 Å². The van der Waals surface area contributed by atoms with E-state index >= 15 is 0 Å². The fraction of sp³-hybridized carbons (Fsp3) is 0.500. The molecule has 0 aliphatic rings. The molecule has 0 unspecified atom stereocenters. The fourth-order valence-electron chi connectivity index (χ4n) is 2.32. The lowest BCUT2D eigenvalue weighted by molar-refractivity contribution is 0.543. The van der Waals surface area contributed by atoms with Gasteiger partial charge in [-0.1, -0.05) is 26.8 Å². The van der Waals surface area contributed by atoms with E-state index in [1.165, 1.54) is 5.56 Å². The molecule has 20 heavy (non-hydrogen) atoms. The predicted octanol–water partition coefficient (Wildman–Crippen LogP) is 2.71. The Morgan fingerprint density at radius 1 is 1.20 bits per heavy atom. The normalized spacial score (nSPS) is 11.8. The first-order valence-electron chi connectivity index (χ1n) is 7.02. The highest BCUT2D eigenvalue weighted by molar-refractivity contribution is 5.24. The van der Waals surface area contributed by atoms with Crippen LogP contribution >= 0.6 is 0 Å². The molecule has 0 aromatic carbocycles. The topological polar surface area (TPSA) is 42.7 Å². The number of nitrogens with zero attached hydrogens (tertiary/aromatic N) is 3. The summed E-state index contributed by atoms with van der Waals surface area (Å²) in [7, 11) is 1.97. The number of hydrogen-bond acceptors (Lipinski definition) is 3. The van der Waals surface area contributed by atoms with Crippen LogP contribution in [0.15, 0.2) is 24.4 Å². The SMILES string of the molecule is Cc1cccc(CNCc2cn(C)nc2C(C)(C)C)n1. The van der Waals surface area contributed by atoms with Gasteiger partial charge >= 0.3 is 0 Å². The maximum atomic E-state index is 4.58. The van der Waals surface area contributed by atoms with E-state index in [9.17, 15) is 0 Å². The highest BCUT2D eigenvalue weighted by Gasteiger charge is 2.21. The lowest BCUT2D eigenvalue weighted by Crippen LogP contribution is -2.19. The van der Waals surface area contributed by atoms with Crippen molar-refractivity contribution in [3.8, 4) is 0 Å². The van der Waals surface area contributed by atoms with Gasteiger partial charge in [0, 0.05) is 43.0 Å². The number of pyridine rings is 1. The molecule has 0 aliphatic carbocycles. The van der Waals surface area contributed by atoms with E-state index in [0.29, 0.717) is 0 Å². The van der Waals surface area contributed by atoms with Crippen molar-refractivity contribution in [3.05, 3.63) is 47.0 Å². The van der Waals surface area contributed by atoms with E-state index in [4.69, 9.17) is 0 Å². The van der Waals surface area contributed by atoms with Crippen molar-refractivity contribution in [2.24, 2.45) is 7.05 Å². The van der Waals surface area contributed by atoms with Crippen LogP contribution in [0.2, 0.25) is 0 Å². The second-order valence-electron chi connectivity index (χ2n) is 6.30. The summed E-state index contributed by atoms with van der Waals surface area (Å²) >= 11 is 0. The maximum Gasteiger partial charge on any atom is 0.0722 e. The van der Waals surface area contributed by atoms with Crippen molar-refractivity contribution < 1.29 is 0 Å². The zero-order chi connectivity index (χ0) is 14.8. The monoisotopic (exact) mass is 272 g/mol. The van der Waals surface area contributed by atoms with Gasteiger partial charge in [-0.3, -0.25) is 9.67 Å². The second kappa shape index (κ2) is 5.75. The summed E-state index contributed by atoms with van der Waals surface area (Å²) in [5.41, 5.74) is 4.62. The van der Waals surface area contributed by atoms with E-state index in [0.717, 1.165) is 30.2 Å². The van der Waals surface area contributed by atoms with Crippen LogP contribution in [-0.2, 0) is 25.6 Å². The van der Waals surface area contributed by atoms with Crippen LogP contribution in [0.3, 0.4) is 0 Å². The molecule has 0 fully saturated rings. The Balaban J connectivity index is 2.01. The quantitative estimate of drug-likeness (QED) is 0.930. The molecule has 108 valence electrons. The van der Waals surface area contributed by atoms with Gasteiger partial charge in [0.1, 0.15) is 0 Å². The Morgan fingerprint density at radius 3 is 2.60 bits per heavy atom. The van der Waals surface area contributed by atoms with E-state index in [1.54, 1.807) is 0 Å².